The summed E-state index contributed by atoms with van der Waals surface area (Å²) in [5.41, 5.74) is 0. The molecule has 0 spiro atoms. The number of rotatable bonds is 2. The van der Waals surface area contributed by atoms with E-state index >= 15 is 0 Å². The molecular formula is C3H6Br2O2. The Morgan fingerprint density at radius 1 is 1.43 bits per heavy atom. The highest BCUT2D eigenvalue weighted by atomic mass is 79.9. The fourth-order valence-corrected chi connectivity index (χ4v) is 1.40. The molecule has 0 unspecified atom stereocenters. The van der Waals surface area contributed by atoms with E-state index in [9.17, 15) is 0 Å². The number of hydrogen-bond donors (Lipinski definition) is 2. The Balaban J connectivity index is 3.15. The average molecular weight is 234 g/mol. The van der Waals surface area contributed by atoms with Gasteiger partial charge in [0.05, 0.1) is 0 Å². The number of hydrogen-bond acceptors (Lipinski definition) is 2. The molecule has 0 heterocycles. The van der Waals surface area contributed by atoms with Crippen LogP contribution in [-0.4, -0.2) is 20.2 Å². The van der Waals surface area contributed by atoms with Gasteiger partial charge in [-0.25, -0.2) is 0 Å². The summed E-state index contributed by atoms with van der Waals surface area (Å²) >= 11 is 5.65. The van der Waals surface area contributed by atoms with Crippen LogP contribution in [0.4, 0.5) is 0 Å². The van der Waals surface area contributed by atoms with Gasteiger partial charge in [-0.15, -0.1) is 0 Å². The van der Waals surface area contributed by atoms with E-state index in [-0.39, 0.29) is 6.42 Å². The van der Waals surface area contributed by atoms with Gasteiger partial charge in [-0.1, -0.05) is 15.9 Å². The first-order chi connectivity index (χ1) is 3.06. The zero-order valence-corrected chi connectivity index (χ0v) is 6.74. The highest BCUT2D eigenvalue weighted by molar-refractivity contribution is 9.10. The standard InChI is InChI=1S/C3H6Br2O2/c4-2-1-3(5,6)7/h6-7H,1-2H2. The van der Waals surface area contributed by atoms with Crippen LogP contribution in [0.25, 0.3) is 0 Å². The quantitative estimate of drug-likeness (QED) is 0.548. The highest BCUT2D eigenvalue weighted by Gasteiger charge is 2.14. The van der Waals surface area contributed by atoms with Crippen LogP contribution in [-0.2, 0) is 0 Å². The van der Waals surface area contributed by atoms with Gasteiger partial charge in [-0.05, 0) is 15.9 Å². The van der Waals surface area contributed by atoms with Gasteiger partial charge in [0, 0.05) is 11.8 Å². The molecule has 0 amide bonds. The molecule has 0 bridgehead atoms. The maximum Gasteiger partial charge on any atom is 0.222 e. The molecule has 2 nitrogen and oxygen atoms in total. The molecule has 0 rings (SSSR count). The topological polar surface area (TPSA) is 40.5 Å². The van der Waals surface area contributed by atoms with Crippen molar-refractivity contribution in [3.8, 4) is 0 Å². The third-order valence-corrected chi connectivity index (χ3v) is 1.21. The highest BCUT2D eigenvalue weighted by Crippen LogP contribution is 2.14. The molecule has 7 heavy (non-hydrogen) atoms. The summed E-state index contributed by atoms with van der Waals surface area (Å²) in [4.78, 5) is 0. The smallest absolute Gasteiger partial charge is 0.222 e. The Kier molecular flexibility index (Phi) is 3.40. The van der Waals surface area contributed by atoms with Gasteiger partial charge in [-0.2, -0.15) is 0 Å². The lowest BCUT2D eigenvalue weighted by Crippen LogP contribution is -2.18. The van der Waals surface area contributed by atoms with E-state index in [0.717, 1.165) is 0 Å². The van der Waals surface area contributed by atoms with Gasteiger partial charge in [0.15, 0.2) is 0 Å². The van der Waals surface area contributed by atoms with Gasteiger partial charge in [-0.3, -0.25) is 0 Å². The van der Waals surface area contributed by atoms with Crippen LogP contribution in [0.2, 0.25) is 0 Å². The second-order valence-corrected chi connectivity index (χ2v) is 3.22. The minimum atomic E-state index is -1.68. The van der Waals surface area contributed by atoms with Crippen LogP contribution in [0.3, 0.4) is 0 Å². The predicted octanol–water partition coefficient (Wildman–Crippen LogP) is 0.805. The molecule has 0 radical (unpaired) electrons. The normalized spacial score (nSPS) is 12.0. The summed E-state index contributed by atoms with van der Waals surface area (Å²) in [7, 11) is 0. The summed E-state index contributed by atoms with van der Waals surface area (Å²) in [6, 6.07) is 0. The van der Waals surface area contributed by atoms with Gasteiger partial charge in [0.25, 0.3) is 0 Å². The van der Waals surface area contributed by atoms with E-state index in [1.165, 1.54) is 0 Å². The summed E-state index contributed by atoms with van der Waals surface area (Å²) in [5.74, 6) is 0. The van der Waals surface area contributed by atoms with E-state index in [0.29, 0.717) is 5.33 Å². The Bertz CT molecular complexity index is 49.4. The van der Waals surface area contributed by atoms with E-state index < -0.39 is 4.70 Å². The molecule has 0 aliphatic heterocycles. The molecule has 0 aliphatic rings. The minimum Gasteiger partial charge on any atom is -0.357 e. The number of halogens is 2. The lowest BCUT2D eigenvalue weighted by Gasteiger charge is -2.09. The van der Waals surface area contributed by atoms with E-state index in [2.05, 4.69) is 31.9 Å². The first-order valence-electron chi connectivity index (χ1n) is 1.76. The van der Waals surface area contributed by atoms with Crippen LogP contribution in [0.1, 0.15) is 6.42 Å². The summed E-state index contributed by atoms with van der Waals surface area (Å²) in [6.45, 7) is 0. The Hall–Kier alpha value is 0.880. The maximum atomic E-state index is 8.46. The fraction of sp³-hybridized carbons (Fsp3) is 1.00. The molecular weight excluding hydrogens is 228 g/mol. The van der Waals surface area contributed by atoms with Gasteiger partial charge in [0.1, 0.15) is 0 Å². The Labute approximate surface area is 58.8 Å². The molecule has 2 N–H and O–H groups in total. The van der Waals surface area contributed by atoms with E-state index in [1.54, 1.807) is 0 Å². The monoisotopic (exact) mass is 232 g/mol. The molecule has 0 saturated heterocycles. The summed E-state index contributed by atoms with van der Waals surface area (Å²) < 4.78 is -1.68. The largest absolute Gasteiger partial charge is 0.357 e. The predicted molar refractivity (Wildman–Crippen MR) is 34.5 cm³/mol. The third-order valence-electron chi connectivity index (χ3n) is 0.413. The fourth-order valence-electron chi connectivity index (χ4n) is 0.120. The van der Waals surface area contributed by atoms with Crippen molar-refractivity contribution < 1.29 is 10.2 Å². The lowest BCUT2D eigenvalue weighted by atomic mass is 10.5. The second-order valence-electron chi connectivity index (χ2n) is 1.16. The van der Waals surface area contributed by atoms with Crippen molar-refractivity contribution in [2.75, 3.05) is 5.33 Å². The number of alkyl halides is 2. The van der Waals surface area contributed by atoms with Gasteiger partial charge >= 0.3 is 0 Å². The van der Waals surface area contributed by atoms with Crippen molar-refractivity contribution >= 4 is 31.9 Å². The molecule has 0 aromatic carbocycles. The third kappa shape index (κ3) is 6.88. The maximum absolute atomic E-state index is 8.46. The van der Waals surface area contributed by atoms with Crippen molar-refractivity contribution in [3.63, 3.8) is 0 Å². The van der Waals surface area contributed by atoms with Crippen molar-refractivity contribution in [1.82, 2.24) is 0 Å². The van der Waals surface area contributed by atoms with Crippen LogP contribution >= 0.6 is 31.9 Å². The first kappa shape index (κ1) is 7.88. The zero-order chi connectivity index (χ0) is 5.91. The van der Waals surface area contributed by atoms with Gasteiger partial charge < -0.3 is 10.2 Å². The number of aliphatic hydroxyl groups is 2. The summed E-state index contributed by atoms with van der Waals surface area (Å²) in [5, 5.41) is 17.5. The molecule has 0 fully saturated rings. The Morgan fingerprint density at radius 2 is 1.86 bits per heavy atom. The zero-order valence-electron chi connectivity index (χ0n) is 3.56. The van der Waals surface area contributed by atoms with E-state index in [1.807, 2.05) is 0 Å². The molecule has 0 saturated carbocycles. The SMILES string of the molecule is OC(O)(Br)CCBr. The second kappa shape index (κ2) is 3.02. The molecule has 0 aromatic rings. The summed E-state index contributed by atoms with van der Waals surface area (Å²) in [6.07, 6.45) is 0.285. The molecule has 0 aromatic heterocycles. The van der Waals surface area contributed by atoms with Crippen LogP contribution in [0.5, 0.6) is 0 Å². The van der Waals surface area contributed by atoms with E-state index in [4.69, 9.17) is 10.2 Å². The van der Waals surface area contributed by atoms with Crippen molar-refractivity contribution in [1.29, 1.82) is 0 Å². The van der Waals surface area contributed by atoms with Crippen LogP contribution in [0.15, 0.2) is 0 Å². The molecule has 44 valence electrons. The first-order valence-corrected chi connectivity index (χ1v) is 3.67. The van der Waals surface area contributed by atoms with Gasteiger partial charge in [0.2, 0.25) is 4.70 Å². The molecule has 4 heteroatoms. The van der Waals surface area contributed by atoms with Crippen LogP contribution in [0, 0.1) is 0 Å². The molecule has 0 atom stereocenters. The molecule has 0 aliphatic carbocycles. The minimum absolute atomic E-state index is 0.285. The lowest BCUT2D eigenvalue weighted by molar-refractivity contribution is -0.0691. The Morgan fingerprint density at radius 3 is 1.86 bits per heavy atom. The van der Waals surface area contributed by atoms with Crippen molar-refractivity contribution in [2.24, 2.45) is 0 Å². The van der Waals surface area contributed by atoms with Crippen molar-refractivity contribution in [2.45, 2.75) is 11.1 Å². The van der Waals surface area contributed by atoms with Crippen molar-refractivity contribution in [3.05, 3.63) is 0 Å². The average Bonchev–Trinajstić information content (AvgIpc) is 1.30. The van der Waals surface area contributed by atoms with Crippen LogP contribution < -0.4 is 0 Å².